The first-order valence-corrected chi connectivity index (χ1v) is 10.7. The smallest absolute Gasteiger partial charge is 0.138 e. The Morgan fingerprint density at radius 3 is 2.72 bits per heavy atom. The summed E-state index contributed by atoms with van der Waals surface area (Å²) in [6.07, 6.45) is 3.71. The Morgan fingerprint density at radius 1 is 1.10 bits per heavy atom. The maximum atomic E-state index is 6.20. The van der Waals surface area contributed by atoms with E-state index < -0.39 is 0 Å². The largest absolute Gasteiger partial charge is 0.492 e. The molecule has 1 aliphatic rings. The van der Waals surface area contributed by atoms with Crippen LogP contribution in [-0.4, -0.2) is 40.6 Å². The molecule has 0 bridgehead atoms. The molecule has 1 aromatic heterocycles. The van der Waals surface area contributed by atoms with Crippen molar-refractivity contribution in [1.29, 1.82) is 0 Å². The van der Waals surface area contributed by atoms with E-state index in [9.17, 15) is 0 Å². The third kappa shape index (κ3) is 4.92. The number of halogens is 2. The minimum Gasteiger partial charge on any atom is -0.492 e. The molecule has 2 aromatic carbocycles. The van der Waals surface area contributed by atoms with Crippen LogP contribution in [0.5, 0.6) is 5.75 Å². The monoisotopic (exact) mass is 430 g/mol. The van der Waals surface area contributed by atoms with Gasteiger partial charge in [-0.05, 0) is 55.7 Å². The van der Waals surface area contributed by atoms with Crippen LogP contribution in [0.4, 0.5) is 5.82 Å². The van der Waals surface area contributed by atoms with Crippen LogP contribution >= 0.6 is 23.2 Å². The minimum absolute atomic E-state index is 0.393. The van der Waals surface area contributed by atoms with Crippen LogP contribution in [0, 0.1) is 0 Å². The van der Waals surface area contributed by atoms with Crippen LogP contribution in [0.15, 0.2) is 42.7 Å². The lowest BCUT2D eigenvalue weighted by Gasteiger charge is -2.32. The third-order valence-electron chi connectivity index (χ3n) is 5.23. The SMILES string of the molecule is CCOc1cc(CN2CCC(Nc3ncnc4cc(Cl)ccc34)CC2)ccc1Cl. The standard InChI is InChI=1S/C22H24Cl2N4O/c1-2-29-21-11-15(3-6-19(21)24)13-28-9-7-17(8-10-28)27-22-18-5-4-16(23)12-20(18)25-14-26-22/h3-6,11-12,14,17H,2,7-10,13H2,1H3,(H,25,26,27). The molecule has 0 atom stereocenters. The Balaban J connectivity index is 1.36. The Kier molecular flexibility index (Phi) is 6.38. The van der Waals surface area contributed by atoms with E-state index in [4.69, 9.17) is 27.9 Å². The molecule has 0 unspecified atom stereocenters. The highest BCUT2D eigenvalue weighted by atomic mass is 35.5. The Labute approximate surface area is 181 Å². The molecule has 1 saturated heterocycles. The fourth-order valence-corrected chi connectivity index (χ4v) is 4.08. The van der Waals surface area contributed by atoms with Crippen molar-refractivity contribution in [3.05, 3.63) is 58.3 Å². The van der Waals surface area contributed by atoms with Crippen molar-refractivity contribution in [2.24, 2.45) is 0 Å². The third-order valence-corrected chi connectivity index (χ3v) is 5.78. The van der Waals surface area contributed by atoms with Gasteiger partial charge in [-0.3, -0.25) is 4.90 Å². The van der Waals surface area contributed by atoms with Gasteiger partial charge in [0, 0.05) is 36.1 Å². The predicted octanol–water partition coefficient (Wildman–Crippen LogP) is 5.41. The van der Waals surface area contributed by atoms with Crippen molar-refractivity contribution in [2.45, 2.75) is 32.4 Å². The van der Waals surface area contributed by atoms with Gasteiger partial charge in [0.05, 0.1) is 17.1 Å². The summed E-state index contributed by atoms with van der Waals surface area (Å²) in [6, 6.07) is 12.2. The maximum Gasteiger partial charge on any atom is 0.138 e. The highest BCUT2D eigenvalue weighted by Gasteiger charge is 2.20. The van der Waals surface area contributed by atoms with Crippen molar-refractivity contribution >= 4 is 39.9 Å². The molecule has 4 rings (SSSR count). The molecule has 2 heterocycles. The van der Waals surface area contributed by atoms with Gasteiger partial charge < -0.3 is 10.1 Å². The summed E-state index contributed by atoms with van der Waals surface area (Å²) in [5.41, 5.74) is 2.09. The molecule has 7 heteroatoms. The fourth-order valence-electron chi connectivity index (χ4n) is 3.74. The number of nitrogens with zero attached hydrogens (tertiary/aromatic N) is 3. The van der Waals surface area contributed by atoms with E-state index in [1.165, 1.54) is 5.56 Å². The predicted molar refractivity (Wildman–Crippen MR) is 119 cm³/mol. The van der Waals surface area contributed by atoms with E-state index in [2.05, 4.69) is 26.3 Å². The molecule has 0 aliphatic carbocycles. The van der Waals surface area contributed by atoms with Crippen molar-refractivity contribution in [3.8, 4) is 5.75 Å². The molecule has 3 aromatic rings. The molecular formula is C22H24Cl2N4O. The Hall–Kier alpha value is -2.08. The van der Waals surface area contributed by atoms with Crippen molar-refractivity contribution in [1.82, 2.24) is 14.9 Å². The Bertz CT molecular complexity index is 990. The van der Waals surface area contributed by atoms with Crippen LogP contribution in [0.2, 0.25) is 10.0 Å². The van der Waals surface area contributed by atoms with Gasteiger partial charge in [0.15, 0.2) is 0 Å². The van der Waals surface area contributed by atoms with Crippen molar-refractivity contribution in [2.75, 3.05) is 25.0 Å². The molecule has 1 fully saturated rings. The van der Waals surface area contributed by atoms with Crippen LogP contribution in [-0.2, 0) is 6.54 Å². The van der Waals surface area contributed by atoms with Crippen molar-refractivity contribution < 1.29 is 4.74 Å². The molecule has 1 aliphatic heterocycles. The van der Waals surface area contributed by atoms with E-state index in [1.807, 2.05) is 37.3 Å². The molecule has 5 nitrogen and oxygen atoms in total. The number of likely N-dealkylation sites (tertiary alicyclic amines) is 1. The van der Waals surface area contributed by atoms with Gasteiger partial charge in [-0.15, -0.1) is 0 Å². The summed E-state index contributed by atoms with van der Waals surface area (Å²) in [5.74, 6) is 1.64. The summed E-state index contributed by atoms with van der Waals surface area (Å²) in [7, 11) is 0. The van der Waals surface area contributed by atoms with Gasteiger partial charge in [0.1, 0.15) is 17.9 Å². The Morgan fingerprint density at radius 2 is 1.93 bits per heavy atom. The number of fused-ring (bicyclic) bond motifs is 1. The van der Waals surface area contributed by atoms with E-state index >= 15 is 0 Å². The first-order valence-electron chi connectivity index (χ1n) is 9.92. The van der Waals surface area contributed by atoms with Crippen molar-refractivity contribution in [3.63, 3.8) is 0 Å². The lowest BCUT2D eigenvalue weighted by Crippen LogP contribution is -2.38. The summed E-state index contributed by atoms with van der Waals surface area (Å²) < 4.78 is 5.61. The second kappa shape index (κ2) is 9.16. The topological polar surface area (TPSA) is 50.3 Å². The lowest BCUT2D eigenvalue weighted by molar-refractivity contribution is 0.211. The van der Waals surface area contributed by atoms with Crippen LogP contribution in [0.25, 0.3) is 10.9 Å². The minimum atomic E-state index is 0.393. The van der Waals surface area contributed by atoms with E-state index in [1.54, 1.807) is 6.33 Å². The van der Waals surface area contributed by atoms with Crippen LogP contribution < -0.4 is 10.1 Å². The number of hydrogen-bond donors (Lipinski definition) is 1. The summed E-state index contributed by atoms with van der Waals surface area (Å²) in [4.78, 5) is 11.2. The first kappa shape index (κ1) is 20.2. The number of nitrogens with one attached hydrogen (secondary N) is 1. The first-order chi connectivity index (χ1) is 14.1. The normalized spacial score (nSPS) is 15.6. The van der Waals surface area contributed by atoms with Gasteiger partial charge in [0.25, 0.3) is 0 Å². The maximum absolute atomic E-state index is 6.20. The van der Waals surface area contributed by atoms with Crippen LogP contribution in [0.3, 0.4) is 0 Å². The number of anilines is 1. The zero-order valence-electron chi connectivity index (χ0n) is 16.4. The van der Waals surface area contributed by atoms with Gasteiger partial charge in [-0.25, -0.2) is 9.97 Å². The lowest BCUT2D eigenvalue weighted by atomic mass is 10.0. The van der Waals surface area contributed by atoms with Gasteiger partial charge in [-0.2, -0.15) is 0 Å². The number of benzene rings is 2. The van der Waals surface area contributed by atoms with E-state index in [0.29, 0.717) is 22.7 Å². The number of aromatic nitrogens is 2. The van der Waals surface area contributed by atoms with Gasteiger partial charge >= 0.3 is 0 Å². The summed E-state index contributed by atoms with van der Waals surface area (Å²) >= 11 is 12.3. The molecule has 0 spiro atoms. The number of piperidine rings is 1. The molecular weight excluding hydrogens is 407 g/mol. The highest BCUT2D eigenvalue weighted by Crippen LogP contribution is 2.28. The molecule has 152 valence electrons. The molecule has 0 radical (unpaired) electrons. The summed E-state index contributed by atoms with van der Waals surface area (Å²) in [6.45, 7) is 5.54. The van der Waals surface area contributed by atoms with E-state index in [0.717, 1.165) is 54.9 Å². The van der Waals surface area contributed by atoms with Gasteiger partial charge in [-0.1, -0.05) is 29.3 Å². The fraction of sp³-hybridized carbons (Fsp3) is 0.364. The number of ether oxygens (including phenoxy) is 1. The summed E-state index contributed by atoms with van der Waals surface area (Å²) in [5, 5.41) is 5.96. The second-order valence-electron chi connectivity index (χ2n) is 7.28. The zero-order valence-corrected chi connectivity index (χ0v) is 17.9. The van der Waals surface area contributed by atoms with Crippen LogP contribution in [0.1, 0.15) is 25.3 Å². The zero-order chi connectivity index (χ0) is 20.2. The average Bonchev–Trinajstić information content (AvgIpc) is 2.72. The van der Waals surface area contributed by atoms with Gasteiger partial charge in [0.2, 0.25) is 0 Å². The number of hydrogen-bond acceptors (Lipinski definition) is 5. The molecule has 0 saturated carbocycles. The number of rotatable bonds is 6. The van der Waals surface area contributed by atoms with E-state index in [-0.39, 0.29) is 0 Å². The molecule has 1 N–H and O–H groups in total. The molecule has 29 heavy (non-hydrogen) atoms. The molecule has 0 amide bonds. The highest BCUT2D eigenvalue weighted by molar-refractivity contribution is 6.32. The quantitative estimate of drug-likeness (QED) is 0.566. The second-order valence-corrected chi connectivity index (χ2v) is 8.12. The average molecular weight is 431 g/mol.